The number of amides is 2. The Labute approximate surface area is 158 Å². The number of nitrogens with zero attached hydrogens (tertiary/aromatic N) is 1. The summed E-state index contributed by atoms with van der Waals surface area (Å²) in [5, 5.41) is 0. The summed E-state index contributed by atoms with van der Waals surface area (Å²) in [7, 11) is 1.49. The van der Waals surface area contributed by atoms with Gasteiger partial charge in [-0.3, -0.25) is 19.3 Å². The number of hydrogen-bond donors (Lipinski definition) is 0. The number of imide groups is 1. The van der Waals surface area contributed by atoms with Crippen molar-refractivity contribution in [1.29, 1.82) is 0 Å². The summed E-state index contributed by atoms with van der Waals surface area (Å²) in [4.78, 5) is 37.9. The van der Waals surface area contributed by atoms with Crippen LogP contribution in [-0.4, -0.2) is 36.3 Å². The minimum absolute atomic E-state index is 0.0785. The first-order valence-corrected chi connectivity index (χ1v) is 8.80. The maximum Gasteiger partial charge on any atom is 0.311 e. The normalized spacial score (nSPS) is 12.9. The highest BCUT2D eigenvalue weighted by molar-refractivity contribution is 9.10. The fourth-order valence-electron chi connectivity index (χ4n) is 2.72. The average molecular weight is 418 g/mol. The lowest BCUT2D eigenvalue weighted by Crippen LogP contribution is -2.31. The predicted molar refractivity (Wildman–Crippen MR) is 97.4 cm³/mol. The molecule has 1 aliphatic rings. The van der Waals surface area contributed by atoms with Gasteiger partial charge in [0, 0.05) is 17.4 Å². The van der Waals surface area contributed by atoms with E-state index < -0.39 is 5.97 Å². The van der Waals surface area contributed by atoms with E-state index in [0.717, 1.165) is 9.37 Å². The van der Waals surface area contributed by atoms with E-state index in [1.807, 2.05) is 0 Å². The van der Waals surface area contributed by atoms with Crippen LogP contribution < -0.4 is 9.47 Å². The van der Waals surface area contributed by atoms with Crippen molar-refractivity contribution in [2.75, 3.05) is 13.7 Å². The molecule has 0 fully saturated rings. The van der Waals surface area contributed by atoms with Gasteiger partial charge in [-0.2, -0.15) is 0 Å². The molecule has 3 rings (SSSR count). The zero-order valence-electron chi connectivity index (χ0n) is 14.0. The number of rotatable bonds is 6. The number of carbonyl (C=O) groups is 3. The van der Waals surface area contributed by atoms with Crippen molar-refractivity contribution in [3.05, 3.63) is 58.1 Å². The number of benzene rings is 2. The third-order valence-electron chi connectivity index (χ3n) is 3.99. The fourth-order valence-corrected chi connectivity index (χ4v) is 3.09. The molecule has 2 amide bonds. The standard InChI is InChI=1S/C19H16BrNO5/c1-25-15-5-2-3-6-16(15)26-17(22)7-4-10-21-18(23)13-9-8-12(20)11-14(13)19(21)24/h2-3,5-6,8-9,11H,4,7,10H2,1H3. The highest BCUT2D eigenvalue weighted by Crippen LogP contribution is 2.27. The second kappa shape index (κ2) is 7.70. The Morgan fingerprint density at radius 1 is 1.04 bits per heavy atom. The van der Waals surface area contributed by atoms with Gasteiger partial charge in [-0.25, -0.2) is 0 Å². The molecule has 0 unspecified atom stereocenters. The van der Waals surface area contributed by atoms with Crippen molar-refractivity contribution in [1.82, 2.24) is 4.90 Å². The Kier molecular flexibility index (Phi) is 5.37. The van der Waals surface area contributed by atoms with E-state index in [4.69, 9.17) is 9.47 Å². The number of para-hydroxylation sites is 2. The van der Waals surface area contributed by atoms with E-state index in [1.54, 1.807) is 42.5 Å². The number of fused-ring (bicyclic) bond motifs is 1. The monoisotopic (exact) mass is 417 g/mol. The second-order valence-corrected chi connectivity index (χ2v) is 6.60. The zero-order valence-corrected chi connectivity index (χ0v) is 15.6. The first kappa shape index (κ1) is 18.1. The van der Waals surface area contributed by atoms with Gasteiger partial charge in [-0.1, -0.05) is 28.1 Å². The smallest absolute Gasteiger partial charge is 0.311 e. The Balaban J connectivity index is 1.56. The van der Waals surface area contributed by atoms with Crippen LogP contribution in [0.2, 0.25) is 0 Å². The van der Waals surface area contributed by atoms with Crippen molar-refractivity contribution in [3.8, 4) is 11.5 Å². The highest BCUT2D eigenvalue weighted by atomic mass is 79.9. The molecule has 0 bridgehead atoms. The molecular weight excluding hydrogens is 402 g/mol. The molecule has 2 aromatic carbocycles. The van der Waals surface area contributed by atoms with Crippen molar-refractivity contribution in [3.63, 3.8) is 0 Å². The molecule has 0 atom stereocenters. The van der Waals surface area contributed by atoms with Crippen LogP contribution >= 0.6 is 15.9 Å². The number of ether oxygens (including phenoxy) is 2. The lowest BCUT2D eigenvalue weighted by atomic mass is 10.1. The lowest BCUT2D eigenvalue weighted by Gasteiger charge is -2.13. The highest BCUT2D eigenvalue weighted by Gasteiger charge is 2.35. The van der Waals surface area contributed by atoms with Crippen LogP contribution in [0.1, 0.15) is 33.6 Å². The van der Waals surface area contributed by atoms with Crippen molar-refractivity contribution >= 4 is 33.7 Å². The third-order valence-corrected chi connectivity index (χ3v) is 4.48. The number of halogens is 1. The Bertz CT molecular complexity index is 880. The topological polar surface area (TPSA) is 72.9 Å². The third kappa shape index (κ3) is 3.62. The molecule has 1 heterocycles. The van der Waals surface area contributed by atoms with Crippen LogP contribution in [0.4, 0.5) is 0 Å². The van der Waals surface area contributed by atoms with Crippen molar-refractivity contribution in [2.45, 2.75) is 12.8 Å². The van der Waals surface area contributed by atoms with Gasteiger partial charge in [0.1, 0.15) is 0 Å². The summed E-state index contributed by atoms with van der Waals surface area (Å²) >= 11 is 3.29. The van der Waals surface area contributed by atoms with E-state index in [-0.39, 0.29) is 24.8 Å². The Morgan fingerprint density at radius 3 is 2.46 bits per heavy atom. The van der Waals surface area contributed by atoms with Gasteiger partial charge in [-0.05, 0) is 36.8 Å². The molecule has 0 saturated carbocycles. The summed E-state index contributed by atoms with van der Waals surface area (Å²) in [5.41, 5.74) is 0.760. The van der Waals surface area contributed by atoms with Gasteiger partial charge in [0.2, 0.25) is 0 Å². The molecule has 0 N–H and O–H groups in total. The Morgan fingerprint density at radius 2 is 1.73 bits per heavy atom. The summed E-state index contributed by atoms with van der Waals surface area (Å²) < 4.78 is 11.1. The summed E-state index contributed by atoms with van der Waals surface area (Å²) in [5.74, 6) is -0.328. The van der Waals surface area contributed by atoms with Gasteiger partial charge >= 0.3 is 5.97 Å². The van der Waals surface area contributed by atoms with E-state index in [9.17, 15) is 14.4 Å². The molecular formula is C19H16BrNO5. The lowest BCUT2D eigenvalue weighted by molar-refractivity contribution is -0.134. The molecule has 0 aliphatic carbocycles. The van der Waals surface area contributed by atoms with Gasteiger partial charge < -0.3 is 9.47 Å². The molecule has 7 heteroatoms. The van der Waals surface area contributed by atoms with E-state index in [1.165, 1.54) is 7.11 Å². The van der Waals surface area contributed by atoms with E-state index in [2.05, 4.69) is 15.9 Å². The molecule has 2 aromatic rings. The number of methoxy groups -OCH3 is 1. The SMILES string of the molecule is COc1ccccc1OC(=O)CCCN1C(=O)c2ccc(Br)cc2C1=O. The molecule has 26 heavy (non-hydrogen) atoms. The summed E-state index contributed by atoms with van der Waals surface area (Å²) in [6.07, 6.45) is 0.399. The van der Waals surface area contributed by atoms with Crippen LogP contribution in [0.5, 0.6) is 11.5 Å². The molecule has 0 radical (unpaired) electrons. The largest absolute Gasteiger partial charge is 0.493 e. The van der Waals surface area contributed by atoms with Crippen molar-refractivity contribution in [2.24, 2.45) is 0 Å². The molecule has 6 nitrogen and oxygen atoms in total. The maximum atomic E-state index is 12.4. The summed E-state index contributed by atoms with van der Waals surface area (Å²) in [6.45, 7) is 0.158. The zero-order chi connectivity index (χ0) is 18.7. The van der Waals surface area contributed by atoms with Gasteiger partial charge in [0.25, 0.3) is 11.8 Å². The Hall–Kier alpha value is -2.67. The van der Waals surface area contributed by atoms with Gasteiger partial charge in [0.05, 0.1) is 18.2 Å². The number of hydrogen-bond acceptors (Lipinski definition) is 5. The molecule has 0 saturated heterocycles. The molecule has 134 valence electrons. The molecule has 1 aliphatic heterocycles. The van der Waals surface area contributed by atoms with Crippen LogP contribution in [-0.2, 0) is 4.79 Å². The van der Waals surface area contributed by atoms with Gasteiger partial charge in [-0.15, -0.1) is 0 Å². The molecule has 0 aromatic heterocycles. The molecule has 0 spiro atoms. The first-order valence-electron chi connectivity index (χ1n) is 8.00. The van der Waals surface area contributed by atoms with E-state index >= 15 is 0 Å². The van der Waals surface area contributed by atoms with Crippen LogP contribution in [0.15, 0.2) is 46.9 Å². The minimum atomic E-state index is -0.450. The predicted octanol–water partition coefficient (Wildman–Crippen LogP) is 3.44. The average Bonchev–Trinajstić information content (AvgIpc) is 2.86. The van der Waals surface area contributed by atoms with E-state index in [0.29, 0.717) is 29.0 Å². The second-order valence-electron chi connectivity index (χ2n) is 5.68. The number of carbonyl (C=O) groups excluding carboxylic acids is 3. The van der Waals surface area contributed by atoms with Gasteiger partial charge in [0.15, 0.2) is 11.5 Å². The fraction of sp³-hybridized carbons (Fsp3) is 0.211. The quantitative estimate of drug-likeness (QED) is 0.408. The minimum Gasteiger partial charge on any atom is -0.493 e. The maximum absolute atomic E-state index is 12.4. The summed E-state index contributed by atoms with van der Waals surface area (Å²) in [6, 6.07) is 11.8. The van der Waals surface area contributed by atoms with Crippen LogP contribution in [0, 0.1) is 0 Å². The van der Waals surface area contributed by atoms with Crippen molar-refractivity contribution < 1.29 is 23.9 Å². The number of esters is 1. The van der Waals surface area contributed by atoms with Crippen LogP contribution in [0.25, 0.3) is 0 Å². The van der Waals surface area contributed by atoms with Crippen LogP contribution in [0.3, 0.4) is 0 Å². The first-order chi connectivity index (χ1) is 12.5.